The van der Waals surface area contributed by atoms with Crippen LogP contribution < -0.4 is 0 Å². The van der Waals surface area contributed by atoms with Crippen LogP contribution in [-0.4, -0.2) is 8.07 Å². The molecule has 1 heteroatoms. The van der Waals surface area contributed by atoms with E-state index in [1.807, 2.05) is 0 Å². The Kier molecular flexibility index (Phi) is 2.12. The minimum absolute atomic E-state index is 1.15. The average Bonchev–Trinajstić information content (AvgIpc) is 2.78. The fraction of sp³-hybridized carbons (Fsp3) is 0.333. The summed E-state index contributed by atoms with van der Waals surface area (Å²) < 4.78 is 0. The highest BCUT2D eigenvalue weighted by Crippen LogP contribution is 2.31. The molecule has 0 aliphatic heterocycles. The van der Waals surface area contributed by atoms with Crippen molar-refractivity contribution in [2.75, 3.05) is 0 Å². The molecule has 0 N–H and O–H groups in total. The lowest BCUT2D eigenvalue weighted by Crippen LogP contribution is -2.30. The summed E-state index contributed by atoms with van der Waals surface area (Å²) in [5, 5.41) is 3.28. The van der Waals surface area contributed by atoms with Crippen LogP contribution in [0, 0.1) is 0 Å². The van der Waals surface area contributed by atoms with Crippen LogP contribution in [-0.2, 0) is 0 Å². The van der Waals surface area contributed by atoms with E-state index in [4.69, 9.17) is 0 Å². The Bertz CT molecular complexity index is 327. The van der Waals surface area contributed by atoms with E-state index >= 15 is 0 Å². The molecule has 0 saturated heterocycles. The molecule has 0 heterocycles. The largest absolute Gasteiger partial charge is 0.107 e. The lowest BCUT2D eigenvalue weighted by Gasteiger charge is -2.24. The molecule has 68 valence electrons. The Morgan fingerprint density at radius 2 is 2.08 bits per heavy atom. The first-order valence-electron chi connectivity index (χ1n) is 4.94. The van der Waals surface area contributed by atoms with Crippen LogP contribution in [0.25, 0.3) is 0 Å². The van der Waals surface area contributed by atoms with E-state index in [-0.39, 0.29) is 0 Å². The first-order valence-corrected chi connectivity index (χ1v) is 7.94. The van der Waals surface area contributed by atoms with Gasteiger partial charge in [0, 0.05) is 0 Å². The second-order valence-corrected chi connectivity index (χ2v) is 8.72. The van der Waals surface area contributed by atoms with Gasteiger partial charge in [-0.25, -0.2) is 0 Å². The maximum Gasteiger partial charge on any atom is 0.107 e. The van der Waals surface area contributed by atoms with E-state index in [1.165, 1.54) is 6.42 Å². The number of hydrogen-bond donors (Lipinski definition) is 0. The first-order chi connectivity index (χ1) is 6.21. The molecule has 0 amide bonds. The summed E-state index contributed by atoms with van der Waals surface area (Å²) in [6, 6.07) is 0. The quantitative estimate of drug-likeness (QED) is 0.581. The van der Waals surface area contributed by atoms with E-state index in [0.717, 1.165) is 6.42 Å². The zero-order valence-corrected chi connectivity index (χ0v) is 9.38. The highest BCUT2D eigenvalue weighted by molar-refractivity contribution is 6.91. The maximum absolute atomic E-state index is 2.45. The third-order valence-electron chi connectivity index (χ3n) is 3.07. The highest BCUT2D eigenvalue weighted by atomic mass is 28.3. The predicted molar refractivity (Wildman–Crippen MR) is 61.2 cm³/mol. The Labute approximate surface area is 81.4 Å². The van der Waals surface area contributed by atoms with Gasteiger partial charge in [-0.3, -0.25) is 0 Å². The molecule has 0 fully saturated rings. The van der Waals surface area contributed by atoms with Crippen molar-refractivity contribution in [1.29, 1.82) is 0 Å². The number of rotatable bonds is 2. The molecule has 0 spiro atoms. The van der Waals surface area contributed by atoms with Gasteiger partial charge in [-0.05, 0) is 12.8 Å². The van der Waals surface area contributed by atoms with Gasteiger partial charge in [0.05, 0.1) is 0 Å². The Hall–Kier alpha value is -0.823. The minimum atomic E-state index is -1.26. The summed E-state index contributed by atoms with van der Waals surface area (Å²) in [6.07, 6.45) is 16.1. The lowest BCUT2D eigenvalue weighted by molar-refractivity contribution is 1.35. The summed E-state index contributed by atoms with van der Waals surface area (Å²) in [4.78, 5) is 0. The smallest absolute Gasteiger partial charge is 0.0811 e. The van der Waals surface area contributed by atoms with Crippen LogP contribution in [0.15, 0.2) is 46.8 Å². The van der Waals surface area contributed by atoms with Gasteiger partial charge in [-0.1, -0.05) is 59.9 Å². The number of hydrogen-bond acceptors (Lipinski definition) is 0. The van der Waals surface area contributed by atoms with Crippen LogP contribution in [0.4, 0.5) is 0 Å². The van der Waals surface area contributed by atoms with E-state index in [2.05, 4.69) is 49.6 Å². The van der Waals surface area contributed by atoms with E-state index in [9.17, 15) is 0 Å². The molecule has 0 aromatic carbocycles. The van der Waals surface area contributed by atoms with Crippen LogP contribution in [0.1, 0.15) is 12.8 Å². The SMILES string of the molecule is C[Si](C)(C1=CCC=C1)C1=CC=CC1. The fourth-order valence-corrected chi connectivity index (χ4v) is 4.69. The molecule has 2 aliphatic rings. The zero-order valence-electron chi connectivity index (χ0n) is 8.38. The van der Waals surface area contributed by atoms with Crippen LogP contribution in [0.3, 0.4) is 0 Å². The van der Waals surface area contributed by atoms with Gasteiger partial charge < -0.3 is 0 Å². The second-order valence-electron chi connectivity index (χ2n) is 4.25. The molecular weight excluding hydrogens is 172 g/mol. The van der Waals surface area contributed by atoms with Crippen LogP contribution >= 0.6 is 0 Å². The molecular formula is C12H16Si. The summed E-state index contributed by atoms with van der Waals surface area (Å²) in [5.74, 6) is 0. The van der Waals surface area contributed by atoms with Gasteiger partial charge in [-0.2, -0.15) is 0 Å². The van der Waals surface area contributed by atoms with Crippen molar-refractivity contribution in [3.8, 4) is 0 Å². The summed E-state index contributed by atoms with van der Waals surface area (Å²) in [7, 11) is -1.26. The average molecular weight is 188 g/mol. The summed E-state index contributed by atoms with van der Waals surface area (Å²) >= 11 is 0. The van der Waals surface area contributed by atoms with Gasteiger partial charge in [0.15, 0.2) is 0 Å². The fourth-order valence-electron chi connectivity index (χ4n) is 2.02. The topological polar surface area (TPSA) is 0 Å². The minimum Gasteiger partial charge on any atom is -0.0811 e. The second kappa shape index (κ2) is 3.15. The van der Waals surface area contributed by atoms with Gasteiger partial charge >= 0.3 is 0 Å². The number of allylic oxidation sites excluding steroid dienone is 8. The van der Waals surface area contributed by atoms with Crippen LogP contribution in [0.2, 0.25) is 13.1 Å². The first kappa shape index (κ1) is 8.76. The maximum atomic E-state index is 2.45. The molecule has 0 aromatic heterocycles. The molecule has 0 unspecified atom stereocenters. The van der Waals surface area contributed by atoms with Gasteiger partial charge in [-0.15, -0.1) is 0 Å². The molecule has 0 aromatic rings. The third-order valence-corrected chi connectivity index (χ3v) is 6.86. The van der Waals surface area contributed by atoms with Crippen molar-refractivity contribution in [2.24, 2.45) is 0 Å². The van der Waals surface area contributed by atoms with Gasteiger partial charge in [0.2, 0.25) is 0 Å². The van der Waals surface area contributed by atoms with Crippen molar-refractivity contribution in [3.63, 3.8) is 0 Å². The van der Waals surface area contributed by atoms with E-state index < -0.39 is 8.07 Å². The Balaban J connectivity index is 2.24. The molecule has 0 nitrogen and oxygen atoms in total. The van der Waals surface area contributed by atoms with E-state index in [1.54, 1.807) is 10.4 Å². The van der Waals surface area contributed by atoms with Crippen molar-refractivity contribution in [3.05, 3.63) is 46.8 Å². The molecule has 0 atom stereocenters. The Morgan fingerprint density at radius 1 is 1.23 bits per heavy atom. The highest BCUT2D eigenvalue weighted by Gasteiger charge is 2.29. The standard InChI is InChI=1S/C12H16Si/c1-13(2,11-7-3-4-8-11)12-9-5-6-10-12/h3-5,7,9-10H,6,8H2,1-2H3. The molecule has 2 aliphatic carbocycles. The van der Waals surface area contributed by atoms with Crippen molar-refractivity contribution < 1.29 is 0 Å². The Morgan fingerprint density at radius 3 is 2.62 bits per heavy atom. The van der Waals surface area contributed by atoms with Crippen LogP contribution in [0.5, 0.6) is 0 Å². The van der Waals surface area contributed by atoms with Gasteiger partial charge in [0.25, 0.3) is 0 Å². The molecule has 0 saturated carbocycles. The van der Waals surface area contributed by atoms with Gasteiger partial charge in [0.1, 0.15) is 8.07 Å². The van der Waals surface area contributed by atoms with Crippen molar-refractivity contribution >= 4 is 8.07 Å². The predicted octanol–water partition coefficient (Wildman–Crippen LogP) is 3.55. The summed E-state index contributed by atoms with van der Waals surface area (Å²) in [6.45, 7) is 4.90. The normalized spacial score (nSPS) is 20.8. The summed E-state index contributed by atoms with van der Waals surface area (Å²) in [5.41, 5.74) is 0. The molecule has 2 rings (SSSR count). The molecule has 0 bridgehead atoms. The lowest BCUT2D eigenvalue weighted by atomic mass is 10.5. The zero-order chi connectivity index (χ0) is 9.31. The van der Waals surface area contributed by atoms with E-state index in [0.29, 0.717) is 0 Å². The molecule has 13 heavy (non-hydrogen) atoms. The van der Waals surface area contributed by atoms with Crippen molar-refractivity contribution in [2.45, 2.75) is 25.9 Å². The molecule has 0 radical (unpaired) electrons. The van der Waals surface area contributed by atoms with Crippen molar-refractivity contribution in [1.82, 2.24) is 0 Å². The monoisotopic (exact) mass is 188 g/mol. The third kappa shape index (κ3) is 1.48.